The number of quaternary nitrogens is 1. The maximum atomic E-state index is 13.8. The lowest BCUT2D eigenvalue weighted by molar-refractivity contribution is -0.608. The average molecular weight is 446 g/mol. The predicted molar refractivity (Wildman–Crippen MR) is 96.0 cm³/mol. The maximum absolute atomic E-state index is 13.8. The van der Waals surface area contributed by atoms with Gasteiger partial charge in [0.2, 0.25) is 5.84 Å². The first-order valence-corrected chi connectivity index (χ1v) is 8.80. The van der Waals surface area contributed by atoms with Gasteiger partial charge in [-0.3, -0.25) is 0 Å². The fraction of sp³-hybridized carbons (Fsp3) is 0.200. The van der Waals surface area contributed by atoms with Crippen molar-refractivity contribution in [2.45, 2.75) is 24.8 Å². The quantitative estimate of drug-likeness (QED) is 0.664. The van der Waals surface area contributed by atoms with E-state index in [4.69, 9.17) is 0 Å². The molecule has 162 valence electrons. The second-order valence-corrected chi connectivity index (χ2v) is 6.98. The molecule has 31 heavy (non-hydrogen) atoms. The second kappa shape index (κ2) is 6.71. The Bertz CT molecular complexity index is 1110. The number of amidine groups is 2. The first-order chi connectivity index (χ1) is 14.4. The van der Waals surface area contributed by atoms with Crippen LogP contribution in [0.4, 0.5) is 35.1 Å². The summed E-state index contributed by atoms with van der Waals surface area (Å²) in [4.78, 5) is 6.34. The predicted octanol–water partition coefficient (Wildman–Crippen LogP) is 4.38. The minimum atomic E-state index is -5.82. The van der Waals surface area contributed by atoms with Gasteiger partial charge in [0.1, 0.15) is 17.3 Å². The van der Waals surface area contributed by atoms with Gasteiger partial charge in [0, 0.05) is 18.1 Å². The molecule has 0 spiro atoms. The van der Waals surface area contributed by atoms with Crippen LogP contribution in [0.1, 0.15) is 18.1 Å². The van der Waals surface area contributed by atoms with E-state index in [1.165, 1.54) is 24.3 Å². The van der Waals surface area contributed by atoms with Crippen molar-refractivity contribution in [1.29, 1.82) is 0 Å². The van der Waals surface area contributed by atoms with Crippen molar-refractivity contribution in [2.24, 2.45) is 9.98 Å². The summed E-state index contributed by atoms with van der Waals surface area (Å²) in [6.07, 6.45) is -11.6. The van der Waals surface area contributed by atoms with E-state index < -0.39 is 46.1 Å². The van der Waals surface area contributed by atoms with Gasteiger partial charge in [-0.2, -0.15) is 31.3 Å². The van der Waals surface area contributed by atoms with Crippen molar-refractivity contribution in [2.75, 3.05) is 0 Å². The van der Waals surface area contributed by atoms with Crippen molar-refractivity contribution < 1.29 is 40.0 Å². The van der Waals surface area contributed by atoms with Crippen LogP contribution in [-0.4, -0.2) is 29.6 Å². The fourth-order valence-electron chi connectivity index (χ4n) is 3.71. The number of halogens is 8. The lowest BCUT2D eigenvalue weighted by atomic mass is 9.97. The van der Waals surface area contributed by atoms with Gasteiger partial charge in [0.15, 0.2) is 5.70 Å². The third kappa shape index (κ3) is 3.06. The molecule has 0 aromatic heterocycles. The summed E-state index contributed by atoms with van der Waals surface area (Å²) in [5.41, 5.74) is -4.58. The van der Waals surface area contributed by atoms with E-state index in [9.17, 15) is 35.1 Å². The number of benzene rings is 2. The third-order valence-electron chi connectivity index (χ3n) is 5.06. The first-order valence-electron chi connectivity index (χ1n) is 8.80. The van der Waals surface area contributed by atoms with Gasteiger partial charge < -0.3 is 0 Å². The van der Waals surface area contributed by atoms with Gasteiger partial charge in [-0.15, -0.1) is 0 Å². The Labute approximate surface area is 170 Å². The fourth-order valence-corrected chi connectivity index (χ4v) is 3.71. The van der Waals surface area contributed by atoms with Gasteiger partial charge >= 0.3 is 17.9 Å². The highest BCUT2D eigenvalue weighted by atomic mass is 19.4. The topological polar surface area (TPSA) is 29.2 Å². The molecule has 1 N–H and O–H groups in total. The van der Waals surface area contributed by atoms with Crippen molar-refractivity contribution in [1.82, 2.24) is 0 Å². The zero-order chi connectivity index (χ0) is 22.8. The molecular formula is C20H12F8N3+. The SMILES string of the molecule is CC1=NC(C(F)(F)F)(C(F)(F)F)C2=NC(c3ccc(F)cc3)=C(c3ccc(F)cc3)[NH+]12. The van der Waals surface area contributed by atoms with Crippen LogP contribution in [0.3, 0.4) is 0 Å². The molecule has 0 fully saturated rings. The molecule has 0 saturated carbocycles. The number of fused-ring (bicyclic) bond motifs is 1. The molecule has 2 heterocycles. The average Bonchev–Trinajstić information content (AvgIpc) is 3.19. The summed E-state index contributed by atoms with van der Waals surface area (Å²) < 4.78 is 110. The molecule has 3 nitrogen and oxygen atoms in total. The Morgan fingerprint density at radius 2 is 1.19 bits per heavy atom. The van der Waals surface area contributed by atoms with E-state index >= 15 is 0 Å². The smallest absolute Gasteiger partial charge is 0.208 e. The second-order valence-electron chi connectivity index (χ2n) is 6.98. The molecule has 0 aliphatic carbocycles. The minimum Gasteiger partial charge on any atom is -0.208 e. The van der Waals surface area contributed by atoms with Crippen LogP contribution in [0.25, 0.3) is 11.4 Å². The standard InChI is InChI=1S/C20H11F8N3/c1-10-30-18(19(23,24)25,20(26,27)28)17-29-15(11-2-6-13(21)7-3-11)16(31(10)17)12-4-8-14(22)9-5-12/h2-9H,1H3/p+1. The Morgan fingerprint density at radius 1 is 0.742 bits per heavy atom. The molecule has 2 aromatic rings. The summed E-state index contributed by atoms with van der Waals surface area (Å²) in [6, 6.07) is 8.86. The van der Waals surface area contributed by atoms with E-state index in [0.717, 1.165) is 31.2 Å². The van der Waals surface area contributed by atoms with E-state index in [-0.39, 0.29) is 22.5 Å². The zero-order valence-corrected chi connectivity index (χ0v) is 15.5. The molecule has 2 aliphatic heterocycles. The molecule has 0 saturated heterocycles. The van der Waals surface area contributed by atoms with Gasteiger partial charge in [-0.1, -0.05) is 0 Å². The molecular weight excluding hydrogens is 434 g/mol. The molecule has 2 aromatic carbocycles. The van der Waals surface area contributed by atoms with Gasteiger partial charge in [-0.05, 0) is 48.5 Å². The normalized spacial score (nSPS) is 20.6. The van der Waals surface area contributed by atoms with Crippen LogP contribution in [-0.2, 0) is 0 Å². The van der Waals surface area contributed by atoms with Crippen molar-refractivity contribution in [3.05, 3.63) is 71.3 Å². The zero-order valence-electron chi connectivity index (χ0n) is 15.5. The van der Waals surface area contributed by atoms with Crippen LogP contribution >= 0.6 is 0 Å². The third-order valence-corrected chi connectivity index (χ3v) is 5.06. The van der Waals surface area contributed by atoms with Gasteiger partial charge in [0.25, 0.3) is 5.84 Å². The number of hydrogen-bond donors (Lipinski definition) is 1. The lowest BCUT2D eigenvalue weighted by Crippen LogP contribution is -3.13. The summed E-state index contributed by atoms with van der Waals surface area (Å²) in [6.45, 7) is 1.03. The molecule has 11 heteroatoms. The Morgan fingerprint density at radius 3 is 1.65 bits per heavy atom. The maximum Gasteiger partial charge on any atom is 0.434 e. The number of alkyl halides is 6. The Kier molecular flexibility index (Phi) is 4.58. The van der Waals surface area contributed by atoms with Crippen LogP contribution in [0, 0.1) is 11.6 Å². The van der Waals surface area contributed by atoms with Gasteiger partial charge in [-0.25, -0.2) is 18.7 Å². The van der Waals surface area contributed by atoms with Crippen molar-refractivity contribution in [3.63, 3.8) is 0 Å². The highest BCUT2D eigenvalue weighted by Crippen LogP contribution is 2.49. The summed E-state index contributed by atoms with van der Waals surface area (Å²) in [7, 11) is 0. The number of aliphatic imine (C=N–C) groups is 2. The van der Waals surface area contributed by atoms with E-state index in [1.807, 2.05) is 0 Å². The molecule has 4 rings (SSSR count). The minimum absolute atomic E-state index is 0.0711. The number of hydrogen-bond acceptors (Lipinski definition) is 2. The largest absolute Gasteiger partial charge is 0.434 e. The van der Waals surface area contributed by atoms with Crippen LogP contribution in [0.15, 0.2) is 58.5 Å². The number of nitrogens with one attached hydrogen (secondary N) is 1. The van der Waals surface area contributed by atoms with E-state index in [0.29, 0.717) is 0 Å². The van der Waals surface area contributed by atoms with Crippen molar-refractivity contribution in [3.8, 4) is 0 Å². The first kappa shape index (κ1) is 21.2. The summed E-state index contributed by atoms with van der Waals surface area (Å²) >= 11 is 0. The van der Waals surface area contributed by atoms with Gasteiger partial charge in [0.05, 0.1) is 0 Å². The highest BCUT2D eigenvalue weighted by Gasteiger charge is 2.82. The molecule has 0 bridgehead atoms. The van der Waals surface area contributed by atoms with Crippen LogP contribution < -0.4 is 4.90 Å². The highest BCUT2D eigenvalue weighted by molar-refractivity contribution is 6.12. The molecule has 1 atom stereocenters. The number of rotatable bonds is 2. The summed E-state index contributed by atoms with van der Waals surface area (Å²) in [5.74, 6) is -3.11. The Hall–Kier alpha value is -3.08. The molecule has 0 amide bonds. The van der Waals surface area contributed by atoms with Crippen LogP contribution in [0.5, 0.6) is 0 Å². The molecule has 2 aliphatic rings. The molecule has 0 radical (unpaired) electrons. The summed E-state index contributed by atoms with van der Waals surface area (Å²) in [5, 5.41) is 0. The van der Waals surface area contributed by atoms with Crippen molar-refractivity contribution >= 4 is 23.1 Å². The monoisotopic (exact) mass is 446 g/mol. The van der Waals surface area contributed by atoms with E-state index in [2.05, 4.69) is 9.98 Å². The number of nitrogens with zero attached hydrogens (tertiary/aromatic N) is 2. The molecule has 1 unspecified atom stereocenters. The van der Waals surface area contributed by atoms with E-state index in [1.54, 1.807) is 0 Å². The lowest BCUT2D eigenvalue weighted by Gasteiger charge is -2.28. The van der Waals surface area contributed by atoms with Crippen LogP contribution in [0.2, 0.25) is 0 Å². The Balaban J connectivity index is 2.01.